The van der Waals surface area contributed by atoms with Crippen molar-refractivity contribution < 1.29 is 43.2 Å². The van der Waals surface area contributed by atoms with Crippen LogP contribution in [0.25, 0.3) is 0 Å². The van der Waals surface area contributed by atoms with Crippen LogP contribution in [0.15, 0.2) is 0 Å². The fraction of sp³-hybridized carbons (Fsp3) is 0.714. The number of carbonyl (C=O) groups excluding carboxylic acids is 4. The van der Waals surface area contributed by atoms with Crippen LogP contribution >= 0.6 is 0 Å². The highest BCUT2D eigenvalue weighted by Crippen LogP contribution is 2.26. The van der Waals surface area contributed by atoms with Crippen LogP contribution in [0.4, 0.5) is 0 Å². The van der Waals surface area contributed by atoms with E-state index in [1.165, 1.54) is 13.8 Å². The zero-order chi connectivity index (χ0) is 18.4. The second-order valence-electron chi connectivity index (χ2n) is 5.24. The summed E-state index contributed by atoms with van der Waals surface area (Å²) in [5.41, 5.74) is 0. The first kappa shape index (κ1) is 19.8. The number of esters is 3. The molecule has 4 unspecified atom stereocenters. The SMILES string of the molecule is CC(=O)NC1C(O)O[C@@H](COC(C)=O)C(OC(C)=O)C1OC(C)=O. The van der Waals surface area contributed by atoms with E-state index in [1.54, 1.807) is 0 Å². The Morgan fingerprint density at radius 2 is 1.50 bits per heavy atom. The zero-order valence-corrected chi connectivity index (χ0v) is 13.8. The van der Waals surface area contributed by atoms with Crippen LogP contribution in [-0.2, 0) is 38.1 Å². The number of hydrogen-bond donors (Lipinski definition) is 2. The highest BCUT2D eigenvalue weighted by Gasteiger charge is 2.50. The standard InChI is InChI=1S/C14H21NO9/c1-6(16)15-11-13(23-9(4)19)12(22-8(3)18)10(24-14(11)20)5-21-7(2)17/h10-14,20H,5H2,1-4H3,(H,15,16)/t10-,11?,12?,13?,14?/m0/s1. The van der Waals surface area contributed by atoms with Gasteiger partial charge in [-0.25, -0.2) is 0 Å². The van der Waals surface area contributed by atoms with Gasteiger partial charge in [0.15, 0.2) is 18.5 Å². The average Bonchev–Trinajstić information content (AvgIpc) is 2.42. The first-order valence-electron chi connectivity index (χ1n) is 7.20. The van der Waals surface area contributed by atoms with Crippen molar-refractivity contribution in [1.82, 2.24) is 5.32 Å². The quantitative estimate of drug-likeness (QED) is 0.456. The summed E-state index contributed by atoms with van der Waals surface area (Å²) < 4.78 is 20.3. The molecule has 1 heterocycles. The minimum Gasteiger partial charge on any atom is -0.463 e. The van der Waals surface area contributed by atoms with Crippen molar-refractivity contribution in [3.8, 4) is 0 Å². The van der Waals surface area contributed by atoms with E-state index in [0.717, 1.165) is 13.8 Å². The molecule has 24 heavy (non-hydrogen) atoms. The van der Waals surface area contributed by atoms with Gasteiger partial charge in [0, 0.05) is 27.7 Å². The van der Waals surface area contributed by atoms with Crippen LogP contribution in [0.1, 0.15) is 27.7 Å². The summed E-state index contributed by atoms with van der Waals surface area (Å²) in [6, 6.07) is -1.16. The molecule has 5 atom stereocenters. The van der Waals surface area contributed by atoms with Gasteiger partial charge >= 0.3 is 17.9 Å². The fourth-order valence-electron chi connectivity index (χ4n) is 2.31. The molecule has 1 rings (SSSR count). The number of amides is 1. The maximum absolute atomic E-state index is 11.4. The Bertz CT molecular complexity index is 506. The maximum atomic E-state index is 11.4. The van der Waals surface area contributed by atoms with Crippen molar-refractivity contribution in [1.29, 1.82) is 0 Å². The van der Waals surface area contributed by atoms with E-state index in [2.05, 4.69) is 5.32 Å². The van der Waals surface area contributed by atoms with Crippen LogP contribution in [0.2, 0.25) is 0 Å². The van der Waals surface area contributed by atoms with E-state index in [4.69, 9.17) is 18.9 Å². The van der Waals surface area contributed by atoms with E-state index >= 15 is 0 Å². The van der Waals surface area contributed by atoms with Crippen molar-refractivity contribution >= 4 is 23.8 Å². The average molecular weight is 347 g/mol. The molecular weight excluding hydrogens is 326 g/mol. The largest absolute Gasteiger partial charge is 0.463 e. The van der Waals surface area contributed by atoms with Gasteiger partial charge in [-0.3, -0.25) is 19.2 Å². The zero-order valence-electron chi connectivity index (χ0n) is 13.8. The molecule has 10 nitrogen and oxygen atoms in total. The van der Waals surface area contributed by atoms with Gasteiger partial charge in [-0.15, -0.1) is 0 Å². The van der Waals surface area contributed by atoms with Gasteiger partial charge in [-0.05, 0) is 0 Å². The molecule has 10 heteroatoms. The molecule has 1 aliphatic heterocycles. The number of nitrogens with one attached hydrogen (secondary N) is 1. The molecule has 0 aromatic heterocycles. The van der Waals surface area contributed by atoms with Crippen LogP contribution < -0.4 is 5.32 Å². The summed E-state index contributed by atoms with van der Waals surface area (Å²) in [7, 11) is 0. The minimum atomic E-state index is -1.56. The normalized spacial score (nSPS) is 29.3. The molecule has 1 amide bonds. The number of aliphatic hydroxyl groups excluding tert-OH is 1. The Labute approximate surface area is 138 Å². The van der Waals surface area contributed by atoms with E-state index in [-0.39, 0.29) is 6.61 Å². The molecule has 0 aliphatic carbocycles. The lowest BCUT2D eigenvalue weighted by atomic mass is 9.96. The van der Waals surface area contributed by atoms with Crippen molar-refractivity contribution in [2.75, 3.05) is 6.61 Å². The van der Waals surface area contributed by atoms with Gasteiger partial charge < -0.3 is 29.4 Å². The number of carbonyl (C=O) groups is 4. The number of aliphatic hydroxyl groups is 1. The van der Waals surface area contributed by atoms with Crippen molar-refractivity contribution in [3.63, 3.8) is 0 Å². The monoisotopic (exact) mass is 347 g/mol. The van der Waals surface area contributed by atoms with E-state index in [9.17, 15) is 24.3 Å². The summed E-state index contributed by atoms with van der Waals surface area (Å²) >= 11 is 0. The van der Waals surface area contributed by atoms with Crippen LogP contribution in [0, 0.1) is 0 Å². The van der Waals surface area contributed by atoms with Crippen molar-refractivity contribution in [3.05, 3.63) is 0 Å². The van der Waals surface area contributed by atoms with Crippen LogP contribution in [0.3, 0.4) is 0 Å². The molecule has 0 radical (unpaired) electrons. The van der Waals surface area contributed by atoms with E-state index < -0.39 is 54.5 Å². The molecule has 0 saturated carbocycles. The maximum Gasteiger partial charge on any atom is 0.303 e. The number of hydrogen-bond acceptors (Lipinski definition) is 9. The molecule has 1 fully saturated rings. The molecule has 1 saturated heterocycles. The van der Waals surface area contributed by atoms with E-state index in [0.29, 0.717) is 0 Å². The molecule has 0 bridgehead atoms. The first-order chi connectivity index (χ1) is 11.1. The predicted molar refractivity (Wildman–Crippen MR) is 76.2 cm³/mol. The lowest BCUT2D eigenvalue weighted by Gasteiger charge is -2.43. The second kappa shape index (κ2) is 8.60. The van der Waals surface area contributed by atoms with Gasteiger partial charge in [-0.1, -0.05) is 0 Å². The molecule has 0 aromatic carbocycles. The Hall–Kier alpha value is -2.20. The van der Waals surface area contributed by atoms with Gasteiger partial charge in [-0.2, -0.15) is 0 Å². The van der Waals surface area contributed by atoms with Gasteiger partial charge in [0.2, 0.25) is 5.91 Å². The van der Waals surface area contributed by atoms with Gasteiger partial charge in [0.25, 0.3) is 0 Å². The van der Waals surface area contributed by atoms with E-state index in [1.807, 2.05) is 0 Å². The first-order valence-corrected chi connectivity index (χ1v) is 7.20. The van der Waals surface area contributed by atoms with Crippen LogP contribution in [0.5, 0.6) is 0 Å². The highest BCUT2D eigenvalue weighted by atomic mass is 16.7. The Kier molecular flexibility index (Phi) is 7.11. The minimum absolute atomic E-state index is 0.338. The number of ether oxygens (including phenoxy) is 4. The van der Waals surface area contributed by atoms with Crippen LogP contribution in [-0.4, -0.2) is 66.2 Å². The summed E-state index contributed by atoms with van der Waals surface area (Å²) in [5, 5.41) is 12.5. The smallest absolute Gasteiger partial charge is 0.303 e. The van der Waals surface area contributed by atoms with Gasteiger partial charge in [0.05, 0.1) is 0 Å². The third kappa shape index (κ3) is 5.78. The molecular formula is C14H21NO9. The lowest BCUT2D eigenvalue weighted by molar-refractivity contribution is -0.264. The fourth-order valence-corrected chi connectivity index (χ4v) is 2.31. The summed E-state index contributed by atoms with van der Waals surface area (Å²) in [5.74, 6) is -2.54. The molecule has 0 aromatic rings. The lowest BCUT2D eigenvalue weighted by Crippen LogP contribution is -2.66. The molecule has 1 aliphatic rings. The second-order valence-corrected chi connectivity index (χ2v) is 5.24. The van der Waals surface area contributed by atoms with Gasteiger partial charge in [0.1, 0.15) is 18.8 Å². The Balaban J connectivity index is 3.11. The third-order valence-corrected chi connectivity index (χ3v) is 3.09. The third-order valence-electron chi connectivity index (χ3n) is 3.09. The summed E-state index contributed by atoms with van der Waals surface area (Å²) in [6.07, 6.45) is -5.06. The highest BCUT2D eigenvalue weighted by molar-refractivity contribution is 5.73. The topological polar surface area (TPSA) is 137 Å². The molecule has 2 N–H and O–H groups in total. The Morgan fingerprint density at radius 3 is 1.96 bits per heavy atom. The Morgan fingerprint density at radius 1 is 0.958 bits per heavy atom. The van der Waals surface area contributed by atoms with Crippen molar-refractivity contribution in [2.24, 2.45) is 0 Å². The number of rotatable bonds is 5. The predicted octanol–water partition coefficient (Wildman–Crippen LogP) is -1.37. The summed E-state index contributed by atoms with van der Waals surface area (Å²) in [6.45, 7) is 4.28. The van der Waals surface area contributed by atoms with Crippen molar-refractivity contribution in [2.45, 2.75) is 58.3 Å². The molecule has 136 valence electrons. The molecule has 0 spiro atoms. The summed E-state index contributed by atoms with van der Waals surface area (Å²) in [4.78, 5) is 45.0.